The van der Waals surface area contributed by atoms with Crippen LogP contribution in [-0.4, -0.2) is 26.4 Å². The molecule has 5 heteroatoms. The zero-order valence-corrected chi connectivity index (χ0v) is 18.6. The Bertz CT molecular complexity index is 1330. The van der Waals surface area contributed by atoms with Gasteiger partial charge in [0.15, 0.2) is 0 Å². The summed E-state index contributed by atoms with van der Waals surface area (Å²) in [5.74, 6) is 1.41. The topological polar surface area (TPSA) is 58.9 Å². The van der Waals surface area contributed by atoms with Crippen molar-refractivity contribution in [2.45, 2.75) is 32.7 Å². The van der Waals surface area contributed by atoms with Crippen molar-refractivity contribution in [2.24, 2.45) is 18.0 Å². The molecule has 0 saturated carbocycles. The second kappa shape index (κ2) is 8.47. The summed E-state index contributed by atoms with van der Waals surface area (Å²) in [5.41, 5.74) is 7.13. The van der Waals surface area contributed by atoms with Crippen molar-refractivity contribution in [1.29, 1.82) is 5.26 Å². The Balaban J connectivity index is 1.51. The molecule has 5 rings (SSSR count). The quantitative estimate of drug-likeness (QED) is 0.462. The summed E-state index contributed by atoms with van der Waals surface area (Å²) in [7, 11) is 2.18. The maximum absolute atomic E-state index is 9.03. The van der Waals surface area contributed by atoms with Crippen molar-refractivity contribution in [2.75, 3.05) is 6.54 Å². The first-order chi connectivity index (χ1) is 15.7. The smallest absolute Gasteiger partial charge is 0.105 e. The van der Waals surface area contributed by atoms with E-state index >= 15 is 0 Å². The van der Waals surface area contributed by atoms with E-state index in [9.17, 15) is 0 Å². The van der Waals surface area contributed by atoms with E-state index in [2.05, 4.69) is 64.6 Å². The molecule has 1 aliphatic carbocycles. The summed E-state index contributed by atoms with van der Waals surface area (Å²) in [4.78, 5) is 9.64. The predicted octanol–water partition coefficient (Wildman–Crippen LogP) is 4.85. The molecule has 0 saturated heterocycles. The number of aryl methyl sites for hydroxylation is 2. The lowest BCUT2D eigenvalue weighted by molar-refractivity contribution is 0.498. The Morgan fingerprint density at radius 2 is 1.97 bits per heavy atom. The van der Waals surface area contributed by atoms with Gasteiger partial charge in [-0.15, -0.1) is 0 Å². The van der Waals surface area contributed by atoms with Crippen LogP contribution < -0.4 is 0 Å². The summed E-state index contributed by atoms with van der Waals surface area (Å²) >= 11 is 0. The lowest BCUT2D eigenvalue weighted by atomic mass is 9.84. The van der Waals surface area contributed by atoms with Crippen LogP contribution in [0.25, 0.3) is 10.9 Å². The SMILES string of the molecule is Cc1nccn1CC1CCc2c(c3ccccc3n2C)C1=NCCc1ccc(C#N)cc1. The lowest BCUT2D eigenvalue weighted by Crippen LogP contribution is -2.28. The number of hydrogen-bond acceptors (Lipinski definition) is 3. The van der Waals surface area contributed by atoms with Gasteiger partial charge in [-0.25, -0.2) is 4.98 Å². The Labute approximate surface area is 188 Å². The highest BCUT2D eigenvalue weighted by molar-refractivity contribution is 6.14. The van der Waals surface area contributed by atoms with Gasteiger partial charge in [0.05, 0.1) is 11.6 Å². The number of para-hydroxylation sites is 1. The maximum Gasteiger partial charge on any atom is 0.105 e. The third-order valence-corrected chi connectivity index (χ3v) is 6.71. The Hall–Kier alpha value is -3.65. The van der Waals surface area contributed by atoms with E-state index in [4.69, 9.17) is 10.3 Å². The number of nitrogens with zero attached hydrogens (tertiary/aromatic N) is 5. The van der Waals surface area contributed by atoms with Crippen LogP contribution in [0.2, 0.25) is 0 Å². The molecule has 0 aliphatic heterocycles. The fourth-order valence-corrected chi connectivity index (χ4v) is 4.95. The summed E-state index contributed by atoms with van der Waals surface area (Å²) in [6, 6.07) is 18.7. The van der Waals surface area contributed by atoms with E-state index < -0.39 is 0 Å². The van der Waals surface area contributed by atoms with E-state index in [-0.39, 0.29) is 0 Å². The molecule has 0 N–H and O–H groups in total. The third-order valence-electron chi connectivity index (χ3n) is 6.71. The first-order valence-corrected chi connectivity index (χ1v) is 11.2. The molecule has 0 radical (unpaired) electrons. The largest absolute Gasteiger partial charge is 0.347 e. The first-order valence-electron chi connectivity index (χ1n) is 11.2. The summed E-state index contributed by atoms with van der Waals surface area (Å²) in [6.45, 7) is 3.71. The van der Waals surface area contributed by atoms with Crippen LogP contribution in [0.3, 0.4) is 0 Å². The molecule has 1 unspecified atom stereocenters. The molecule has 160 valence electrons. The van der Waals surface area contributed by atoms with Gasteiger partial charge in [0.25, 0.3) is 0 Å². The van der Waals surface area contributed by atoms with Gasteiger partial charge in [-0.2, -0.15) is 5.26 Å². The second-order valence-electron chi connectivity index (χ2n) is 8.59. The van der Waals surface area contributed by atoms with Crippen molar-refractivity contribution in [3.8, 4) is 6.07 Å². The number of aromatic nitrogens is 3. The van der Waals surface area contributed by atoms with Gasteiger partial charge < -0.3 is 9.13 Å². The molecule has 2 heterocycles. The Morgan fingerprint density at radius 3 is 2.72 bits per heavy atom. The number of hydrogen-bond donors (Lipinski definition) is 0. The number of imidazole rings is 1. The van der Waals surface area contributed by atoms with Gasteiger partial charge >= 0.3 is 0 Å². The molecule has 1 aliphatic rings. The van der Waals surface area contributed by atoms with Crippen LogP contribution >= 0.6 is 0 Å². The maximum atomic E-state index is 9.03. The average Bonchev–Trinajstić information content (AvgIpc) is 3.36. The van der Waals surface area contributed by atoms with Crippen molar-refractivity contribution in [3.05, 3.63) is 89.1 Å². The van der Waals surface area contributed by atoms with Gasteiger partial charge in [0, 0.05) is 66.3 Å². The molecule has 4 aromatic rings. The van der Waals surface area contributed by atoms with Crippen molar-refractivity contribution in [1.82, 2.24) is 14.1 Å². The highest BCUT2D eigenvalue weighted by Gasteiger charge is 2.30. The minimum absolute atomic E-state index is 0.363. The second-order valence-corrected chi connectivity index (χ2v) is 8.59. The number of fused-ring (bicyclic) bond motifs is 3. The van der Waals surface area contributed by atoms with Crippen LogP contribution in [0.1, 0.15) is 34.6 Å². The van der Waals surface area contributed by atoms with Crippen molar-refractivity contribution >= 4 is 16.6 Å². The van der Waals surface area contributed by atoms with E-state index in [0.717, 1.165) is 38.2 Å². The first kappa shape index (κ1) is 20.3. The fourth-order valence-electron chi connectivity index (χ4n) is 4.95. The van der Waals surface area contributed by atoms with Gasteiger partial charge in [-0.3, -0.25) is 4.99 Å². The summed E-state index contributed by atoms with van der Waals surface area (Å²) < 4.78 is 4.59. The van der Waals surface area contributed by atoms with E-state index in [1.807, 2.05) is 30.5 Å². The van der Waals surface area contributed by atoms with E-state index in [0.29, 0.717) is 11.5 Å². The Kier molecular flexibility index (Phi) is 5.36. The molecule has 2 aromatic carbocycles. The molecule has 0 spiro atoms. The monoisotopic (exact) mass is 421 g/mol. The molecular formula is C27H27N5. The third kappa shape index (κ3) is 3.62. The van der Waals surface area contributed by atoms with Crippen LogP contribution in [0.15, 0.2) is 65.9 Å². The normalized spacial score (nSPS) is 16.9. The highest BCUT2D eigenvalue weighted by atomic mass is 15.1. The Morgan fingerprint density at radius 1 is 1.16 bits per heavy atom. The average molecular weight is 422 g/mol. The van der Waals surface area contributed by atoms with Gasteiger partial charge in [0.2, 0.25) is 0 Å². The highest BCUT2D eigenvalue weighted by Crippen LogP contribution is 2.35. The number of nitriles is 1. The van der Waals surface area contributed by atoms with Crippen molar-refractivity contribution in [3.63, 3.8) is 0 Å². The van der Waals surface area contributed by atoms with Gasteiger partial charge in [-0.05, 0) is 49.9 Å². The molecule has 5 nitrogen and oxygen atoms in total. The molecule has 0 bridgehead atoms. The molecule has 32 heavy (non-hydrogen) atoms. The molecular weight excluding hydrogens is 394 g/mol. The zero-order chi connectivity index (χ0) is 22.1. The predicted molar refractivity (Wildman–Crippen MR) is 128 cm³/mol. The van der Waals surface area contributed by atoms with E-state index in [1.54, 1.807) is 0 Å². The van der Waals surface area contributed by atoms with Crippen LogP contribution in [0, 0.1) is 24.2 Å². The number of rotatable bonds is 5. The minimum atomic E-state index is 0.363. The van der Waals surface area contributed by atoms with Crippen molar-refractivity contribution < 1.29 is 0 Å². The van der Waals surface area contributed by atoms with Gasteiger partial charge in [0.1, 0.15) is 5.82 Å². The molecule has 2 aromatic heterocycles. The standard InChI is InChI=1S/C27H27N5/c1-19-29-15-16-32(19)18-22-11-12-25-26(23-5-3-4-6-24(23)31(25)2)27(22)30-14-13-20-7-9-21(17-28)10-8-20/h3-10,15-16,22H,11-14,18H2,1-2H3. The summed E-state index contributed by atoms with van der Waals surface area (Å²) in [5, 5.41) is 10.3. The van der Waals surface area contributed by atoms with E-state index in [1.165, 1.54) is 33.4 Å². The number of benzene rings is 2. The lowest BCUT2D eigenvalue weighted by Gasteiger charge is -2.27. The van der Waals surface area contributed by atoms with Gasteiger partial charge in [-0.1, -0.05) is 30.3 Å². The zero-order valence-electron chi connectivity index (χ0n) is 18.6. The molecule has 0 amide bonds. The molecule has 1 atom stereocenters. The minimum Gasteiger partial charge on any atom is -0.347 e. The van der Waals surface area contributed by atoms with Crippen LogP contribution in [0.5, 0.6) is 0 Å². The number of aliphatic imine (C=N–C) groups is 1. The molecule has 0 fully saturated rings. The van der Waals surface area contributed by atoms with Crippen LogP contribution in [-0.2, 0) is 26.4 Å². The summed E-state index contributed by atoms with van der Waals surface area (Å²) in [6.07, 6.45) is 6.97. The van der Waals surface area contributed by atoms with Crippen LogP contribution in [0.4, 0.5) is 0 Å². The fraction of sp³-hybridized carbons (Fsp3) is 0.296.